The van der Waals surface area contributed by atoms with Crippen LogP contribution in [0.2, 0.25) is 0 Å². The van der Waals surface area contributed by atoms with E-state index in [4.69, 9.17) is 9.84 Å². The molecule has 0 unspecified atom stereocenters. The van der Waals surface area contributed by atoms with Crippen molar-refractivity contribution in [3.05, 3.63) is 66.2 Å². The second-order valence-corrected chi connectivity index (χ2v) is 5.14. The quantitative estimate of drug-likeness (QED) is 0.752. The summed E-state index contributed by atoms with van der Waals surface area (Å²) in [5, 5.41) is 11.5. The highest BCUT2D eigenvalue weighted by atomic mass is 16.5. The molecule has 0 saturated carbocycles. The normalized spacial score (nSPS) is 10.5. The first-order chi connectivity index (χ1) is 11.6. The lowest BCUT2D eigenvalue weighted by molar-refractivity contribution is -0.136. The average molecular weight is 325 g/mol. The van der Waals surface area contributed by atoms with E-state index in [1.807, 2.05) is 30.3 Å². The molecule has 2 aromatic heterocycles. The van der Waals surface area contributed by atoms with Crippen LogP contribution in [0.3, 0.4) is 0 Å². The summed E-state index contributed by atoms with van der Waals surface area (Å²) < 4.78 is 6.78. The molecule has 122 valence electrons. The van der Waals surface area contributed by atoms with Crippen molar-refractivity contribution in [2.45, 2.75) is 13.0 Å². The average Bonchev–Trinajstić information content (AvgIpc) is 2.96. The molecule has 7 heteroatoms. The number of nitrogens with zero attached hydrogens (tertiary/aromatic N) is 2. The van der Waals surface area contributed by atoms with Crippen molar-refractivity contribution >= 4 is 23.3 Å². The molecule has 2 N–H and O–H groups in total. The van der Waals surface area contributed by atoms with E-state index < -0.39 is 12.1 Å². The second kappa shape index (κ2) is 6.82. The zero-order valence-electron chi connectivity index (χ0n) is 12.7. The highest BCUT2D eigenvalue weighted by Crippen LogP contribution is 2.14. The van der Waals surface area contributed by atoms with E-state index in [1.165, 1.54) is 0 Å². The van der Waals surface area contributed by atoms with E-state index in [1.54, 1.807) is 28.9 Å². The Morgan fingerprint density at radius 3 is 2.71 bits per heavy atom. The van der Waals surface area contributed by atoms with Gasteiger partial charge in [-0.3, -0.25) is 10.1 Å². The number of imidazole rings is 1. The van der Waals surface area contributed by atoms with Crippen molar-refractivity contribution in [1.29, 1.82) is 0 Å². The van der Waals surface area contributed by atoms with Crippen molar-refractivity contribution in [2.24, 2.45) is 0 Å². The summed E-state index contributed by atoms with van der Waals surface area (Å²) in [5.41, 5.74) is 2.13. The first kappa shape index (κ1) is 15.5. The first-order valence-corrected chi connectivity index (χ1v) is 7.27. The third-order valence-corrected chi connectivity index (χ3v) is 3.37. The monoisotopic (exact) mass is 325 g/mol. The molecule has 7 nitrogen and oxygen atoms in total. The fraction of sp³-hybridized carbons (Fsp3) is 0.118. The Morgan fingerprint density at radius 1 is 1.17 bits per heavy atom. The highest BCUT2D eigenvalue weighted by Gasteiger charge is 2.10. The van der Waals surface area contributed by atoms with Gasteiger partial charge in [0.15, 0.2) is 0 Å². The number of carbonyl (C=O) groups excluding carboxylic acids is 1. The Labute approximate surface area is 137 Å². The molecule has 1 aromatic carbocycles. The van der Waals surface area contributed by atoms with E-state index in [0.717, 1.165) is 11.1 Å². The molecule has 24 heavy (non-hydrogen) atoms. The molecule has 0 aliphatic carbocycles. The number of anilines is 1. The van der Waals surface area contributed by atoms with Crippen LogP contribution in [0, 0.1) is 0 Å². The lowest BCUT2D eigenvalue weighted by atomic mass is 10.2. The Hall–Kier alpha value is -3.35. The zero-order chi connectivity index (χ0) is 16.9. The van der Waals surface area contributed by atoms with E-state index in [-0.39, 0.29) is 13.0 Å². The molecule has 0 saturated heterocycles. The van der Waals surface area contributed by atoms with Crippen LogP contribution in [-0.4, -0.2) is 26.6 Å². The number of aliphatic carboxylic acids is 1. The van der Waals surface area contributed by atoms with E-state index in [2.05, 4.69) is 10.3 Å². The number of benzene rings is 1. The molecule has 0 aliphatic rings. The Balaban J connectivity index is 1.68. The predicted molar refractivity (Wildman–Crippen MR) is 86.8 cm³/mol. The molecule has 0 radical (unpaired) electrons. The maximum atomic E-state index is 11.9. The molecule has 3 aromatic rings. The molecule has 2 heterocycles. The number of fused-ring (bicyclic) bond motifs is 1. The Morgan fingerprint density at radius 2 is 1.96 bits per heavy atom. The second-order valence-electron chi connectivity index (χ2n) is 5.14. The van der Waals surface area contributed by atoms with Crippen LogP contribution in [0.1, 0.15) is 11.4 Å². The molecule has 0 atom stereocenters. The molecular formula is C17H15N3O4. The SMILES string of the molecule is O=C(O)Cc1ncc2ccc(NC(=O)OCc3ccccc3)cn12. The third kappa shape index (κ3) is 3.70. The highest BCUT2D eigenvalue weighted by molar-refractivity contribution is 5.84. The summed E-state index contributed by atoms with van der Waals surface area (Å²) >= 11 is 0. The van der Waals surface area contributed by atoms with Crippen molar-refractivity contribution < 1.29 is 19.4 Å². The number of ether oxygens (including phenoxy) is 1. The topological polar surface area (TPSA) is 92.9 Å². The minimum absolute atomic E-state index is 0.171. The van der Waals surface area contributed by atoms with Crippen molar-refractivity contribution in [3.8, 4) is 0 Å². The fourth-order valence-electron chi connectivity index (χ4n) is 2.26. The number of aromatic nitrogens is 2. The number of carboxylic acid groups (broad SMARTS) is 1. The van der Waals surface area contributed by atoms with Gasteiger partial charge in [0.2, 0.25) is 0 Å². The number of hydrogen-bond donors (Lipinski definition) is 2. The van der Waals surface area contributed by atoms with Gasteiger partial charge in [-0.15, -0.1) is 0 Å². The van der Waals surface area contributed by atoms with Crippen LogP contribution in [-0.2, 0) is 22.6 Å². The molecule has 1 amide bonds. The number of carbonyl (C=O) groups is 2. The Bertz CT molecular complexity index is 874. The van der Waals surface area contributed by atoms with Gasteiger partial charge in [-0.25, -0.2) is 9.78 Å². The van der Waals surface area contributed by atoms with Crippen molar-refractivity contribution in [3.63, 3.8) is 0 Å². The van der Waals surface area contributed by atoms with Crippen molar-refractivity contribution in [2.75, 3.05) is 5.32 Å². The summed E-state index contributed by atoms with van der Waals surface area (Å²) in [6.45, 7) is 0.171. The van der Waals surface area contributed by atoms with Crippen molar-refractivity contribution in [1.82, 2.24) is 9.38 Å². The molecule has 3 rings (SSSR count). The predicted octanol–water partition coefficient (Wildman–Crippen LogP) is 2.71. The smallest absolute Gasteiger partial charge is 0.412 e. The molecular weight excluding hydrogens is 310 g/mol. The Kier molecular flexibility index (Phi) is 4.42. The van der Waals surface area contributed by atoms with E-state index in [0.29, 0.717) is 11.5 Å². The number of pyridine rings is 1. The van der Waals surface area contributed by atoms with Gasteiger partial charge in [-0.05, 0) is 17.7 Å². The van der Waals surface area contributed by atoms with Crippen LogP contribution in [0.15, 0.2) is 54.9 Å². The molecule has 0 aliphatic heterocycles. The van der Waals surface area contributed by atoms with E-state index >= 15 is 0 Å². The van der Waals surface area contributed by atoms with Gasteiger partial charge in [-0.2, -0.15) is 0 Å². The largest absolute Gasteiger partial charge is 0.481 e. The minimum Gasteiger partial charge on any atom is -0.481 e. The van der Waals surface area contributed by atoms with E-state index in [9.17, 15) is 9.59 Å². The van der Waals surface area contributed by atoms with Crippen LogP contribution >= 0.6 is 0 Å². The van der Waals surface area contributed by atoms with Gasteiger partial charge < -0.3 is 14.2 Å². The summed E-state index contributed by atoms with van der Waals surface area (Å²) in [6, 6.07) is 12.8. The molecule has 0 bridgehead atoms. The van der Waals surface area contributed by atoms with Gasteiger partial charge in [0, 0.05) is 6.20 Å². The maximum Gasteiger partial charge on any atom is 0.412 e. The maximum absolute atomic E-state index is 11.9. The van der Waals surface area contributed by atoms with Crippen LogP contribution < -0.4 is 5.32 Å². The minimum atomic E-state index is -0.969. The van der Waals surface area contributed by atoms with Gasteiger partial charge in [-0.1, -0.05) is 30.3 Å². The summed E-state index contributed by atoms with van der Waals surface area (Å²) in [5.74, 6) is -0.582. The number of rotatable bonds is 5. The fourth-order valence-corrected chi connectivity index (χ4v) is 2.26. The molecule has 0 spiro atoms. The summed E-state index contributed by atoms with van der Waals surface area (Å²) in [6.07, 6.45) is 2.41. The van der Waals surface area contributed by atoms with Gasteiger partial charge in [0.25, 0.3) is 0 Å². The van der Waals surface area contributed by atoms with Gasteiger partial charge in [0.05, 0.1) is 17.4 Å². The standard InChI is InChI=1S/C17H15N3O4/c21-16(22)8-15-18-9-14-7-6-13(10-20(14)15)19-17(23)24-11-12-4-2-1-3-5-12/h1-7,9-10H,8,11H2,(H,19,23)(H,21,22). The third-order valence-electron chi connectivity index (χ3n) is 3.37. The number of amides is 1. The van der Waals surface area contributed by atoms with Gasteiger partial charge in [0.1, 0.15) is 18.9 Å². The first-order valence-electron chi connectivity index (χ1n) is 7.27. The van der Waals surface area contributed by atoms with Crippen LogP contribution in [0.4, 0.5) is 10.5 Å². The van der Waals surface area contributed by atoms with Crippen LogP contribution in [0.5, 0.6) is 0 Å². The number of nitrogens with one attached hydrogen (secondary N) is 1. The number of hydrogen-bond acceptors (Lipinski definition) is 4. The zero-order valence-corrected chi connectivity index (χ0v) is 12.7. The summed E-state index contributed by atoms with van der Waals surface area (Å²) in [7, 11) is 0. The van der Waals surface area contributed by atoms with Crippen LogP contribution in [0.25, 0.3) is 5.52 Å². The van der Waals surface area contributed by atoms with Gasteiger partial charge >= 0.3 is 12.1 Å². The lowest BCUT2D eigenvalue weighted by Gasteiger charge is -2.08. The lowest BCUT2D eigenvalue weighted by Crippen LogP contribution is -2.14. The number of carboxylic acids is 1. The molecule has 0 fully saturated rings. The summed E-state index contributed by atoms with van der Waals surface area (Å²) in [4.78, 5) is 26.8.